The van der Waals surface area contributed by atoms with E-state index in [4.69, 9.17) is 0 Å². The highest BCUT2D eigenvalue weighted by Gasteiger charge is 2.24. The van der Waals surface area contributed by atoms with Gasteiger partial charge in [0.1, 0.15) is 5.82 Å². The number of piperidine rings is 1. The Kier molecular flexibility index (Phi) is 4.59. The van der Waals surface area contributed by atoms with E-state index in [1.807, 2.05) is 6.20 Å². The van der Waals surface area contributed by atoms with Crippen LogP contribution in [0.25, 0.3) is 0 Å². The summed E-state index contributed by atoms with van der Waals surface area (Å²) in [5.74, 6) is 0.973. The van der Waals surface area contributed by atoms with Crippen molar-refractivity contribution in [3.8, 4) is 0 Å². The molecular formula is C15H25N3. The second kappa shape index (κ2) is 6.19. The van der Waals surface area contributed by atoms with Crippen LogP contribution in [0.2, 0.25) is 0 Å². The highest BCUT2D eigenvalue weighted by molar-refractivity contribution is 5.35. The van der Waals surface area contributed by atoms with Crippen molar-refractivity contribution >= 4 is 5.82 Å². The van der Waals surface area contributed by atoms with Crippen molar-refractivity contribution in [1.29, 1.82) is 0 Å². The second-order valence-corrected chi connectivity index (χ2v) is 5.38. The molecule has 0 amide bonds. The average Bonchev–Trinajstić information content (AvgIpc) is 2.36. The van der Waals surface area contributed by atoms with Crippen LogP contribution in [0.3, 0.4) is 0 Å². The van der Waals surface area contributed by atoms with Gasteiger partial charge in [0.25, 0.3) is 0 Å². The van der Waals surface area contributed by atoms with Gasteiger partial charge in [-0.1, -0.05) is 12.5 Å². The zero-order chi connectivity index (χ0) is 13.0. The standard InChI is InChI=1S/C15H25N3/c1-4-16-15-9-8-14(10-17-15)11-18-12(2)6-5-7-13(18)3/h8-10,12-13H,4-7,11H2,1-3H3,(H,16,17). The number of hydrogen-bond donors (Lipinski definition) is 1. The molecule has 3 nitrogen and oxygen atoms in total. The number of nitrogens with one attached hydrogen (secondary N) is 1. The summed E-state index contributed by atoms with van der Waals surface area (Å²) in [6.45, 7) is 8.73. The number of nitrogens with zero attached hydrogens (tertiary/aromatic N) is 2. The van der Waals surface area contributed by atoms with E-state index in [1.54, 1.807) is 0 Å². The van der Waals surface area contributed by atoms with Crippen LogP contribution in [0.15, 0.2) is 18.3 Å². The van der Waals surface area contributed by atoms with E-state index < -0.39 is 0 Å². The molecule has 1 aromatic heterocycles. The molecule has 0 spiro atoms. The molecule has 1 aliphatic heterocycles. The summed E-state index contributed by atoms with van der Waals surface area (Å²) in [4.78, 5) is 7.05. The van der Waals surface area contributed by atoms with Crippen LogP contribution in [0, 0.1) is 0 Å². The van der Waals surface area contributed by atoms with Gasteiger partial charge in [-0.05, 0) is 45.2 Å². The van der Waals surface area contributed by atoms with Crippen LogP contribution in [-0.4, -0.2) is 28.5 Å². The molecule has 1 N–H and O–H groups in total. The van der Waals surface area contributed by atoms with Gasteiger partial charge in [0.05, 0.1) is 0 Å². The molecule has 2 heterocycles. The molecule has 1 aliphatic rings. The molecule has 100 valence electrons. The van der Waals surface area contributed by atoms with Crippen molar-refractivity contribution in [3.63, 3.8) is 0 Å². The molecule has 0 radical (unpaired) electrons. The molecule has 0 aromatic carbocycles. The van der Waals surface area contributed by atoms with Gasteiger partial charge in [-0.3, -0.25) is 4.90 Å². The van der Waals surface area contributed by atoms with Gasteiger partial charge in [0.2, 0.25) is 0 Å². The highest BCUT2D eigenvalue weighted by Crippen LogP contribution is 2.24. The monoisotopic (exact) mass is 247 g/mol. The van der Waals surface area contributed by atoms with E-state index in [9.17, 15) is 0 Å². The Balaban J connectivity index is 1.99. The lowest BCUT2D eigenvalue weighted by Gasteiger charge is -2.39. The number of rotatable bonds is 4. The van der Waals surface area contributed by atoms with Crippen LogP contribution in [0.5, 0.6) is 0 Å². The quantitative estimate of drug-likeness (QED) is 0.885. The van der Waals surface area contributed by atoms with Crippen LogP contribution in [0.4, 0.5) is 5.82 Å². The smallest absolute Gasteiger partial charge is 0.125 e. The Bertz CT molecular complexity index is 351. The maximum atomic E-state index is 4.45. The molecule has 2 rings (SSSR count). The van der Waals surface area contributed by atoms with E-state index >= 15 is 0 Å². The largest absolute Gasteiger partial charge is 0.370 e. The first-order chi connectivity index (χ1) is 8.70. The van der Waals surface area contributed by atoms with Gasteiger partial charge >= 0.3 is 0 Å². The van der Waals surface area contributed by atoms with E-state index in [1.165, 1.54) is 24.8 Å². The average molecular weight is 247 g/mol. The molecule has 0 saturated carbocycles. The first kappa shape index (κ1) is 13.3. The molecule has 3 heteroatoms. The van der Waals surface area contributed by atoms with Gasteiger partial charge in [0.15, 0.2) is 0 Å². The summed E-state index contributed by atoms with van der Waals surface area (Å²) in [6.07, 6.45) is 6.03. The summed E-state index contributed by atoms with van der Waals surface area (Å²) >= 11 is 0. The predicted octanol–water partition coefficient (Wildman–Crippen LogP) is 3.28. The summed E-state index contributed by atoms with van der Waals surface area (Å²) in [5, 5.41) is 3.23. The SMILES string of the molecule is CCNc1ccc(CN2C(C)CCCC2C)cn1. The van der Waals surface area contributed by atoms with Crippen LogP contribution in [0.1, 0.15) is 45.6 Å². The Hall–Kier alpha value is -1.09. The van der Waals surface area contributed by atoms with Crippen LogP contribution in [-0.2, 0) is 6.54 Å². The summed E-state index contributed by atoms with van der Waals surface area (Å²) in [5.41, 5.74) is 1.32. The van der Waals surface area contributed by atoms with Crippen molar-refractivity contribution < 1.29 is 0 Å². The molecule has 18 heavy (non-hydrogen) atoms. The minimum absolute atomic E-state index is 0.696. The van der Waals surface area contributed by atoms with Gasteiger partial charge < -0.3 is 5.32 Å². The van der Waals surface area contributed by atoms with Crippen LogP contribution >= 0.6 is 0 Å². The molecular weight excluding hydrogens is 222 g/mol. The third kappa shape index (κ3) is 3.22. The molecule has 2 unspecified atom stereocenters. The molecule has 2 atom stereocenters. The van der Waals surface area contributed by atoms with Crippen molar-refractivity contribution in [2.24, 2.45) is 0 Å². The lowest BCUT2D eigenvalue weighted by Crippen LogP contribution is -2.42. The molecule has 1 aromatic rings. The van der Waals surface area contributed by atoms with Crippen molar-refractivity contribution in [3.05, 3.63) is 23.9 Å². The van der Waals surface area contributed by atoms with Crippen LogP contribution < -0.4 is 5.32 Å². The lowest BCUT2D eigenvalue weighted by atomic mass is 9.97. The predicted molar refractivity (Wildman–Crippen MR) is 76.7 cm³/mol. The third-order valence-electron chi connectivity index (χ3n) is 3.92. The Morgan fingerprint density at radius 2 is 2.00 bits per heavy atom. The molecule has 0 aliphatic carbocycles. The zero-order valence-electron chi connectivity index (χ0n) is 11.8. The van der Waals surface area contributed by atoms with Crippen molar-refractivity contribution in [2.45, 2.75) is 58.7 Å². The fraction of sp³-hybridized carbons (Fsp3) is 0.667. The summed E-state index contributed by atoms with van der Waals surface area (Å²) in [6, 6.07) is 5.67. The first-order valence-corrected chi connectivity index (χ1v) is 7.15. The second-order valence-electron chi connectivity index (χ2n) is 5.38. The van der Waals surface area contributed by atoms with Gasteiger partial charge in [-0.25, -0.2) is 4.98 Å². The minimum Gasteiger partial charge on any atom is -0.370 e. The lowest BCUT2D eigenvalue weighted by molar-refractivity contribution is 0.0952. The zero-order valence-corrected chi connectivity index (χ0v) is 11.8. The van der Waals surface area contributed by atoms with E-state index in [2.05, 4.69) is 48.1 Å². The topological polar surface area (TPSA) is 28.2 Å². The van der Waals surface area contributed by atoms with E-state index in [0.29, 0.717) is 12.1 Å². The number of likely N-dealkylation sites (tertiary alicyclic amines) is 1. The van der Waals surface area contributed by atoms with Crippen molar-refractivity contribution in [2.75, 3.05) is 11.9 Å². The first-order valence-electron chi connectivity index (χ1n) is 7.15. The van der Waals surface area contributed by atoms with Crippen molar-refractivity contribution in [1.82, 2.24) is 9.88 Å². The number of anilines is 1. The van der Waals surface area contributed by atoms with Gasteiger partial charge in [0, 0.05) is 31.4 Å². The maximum Gasteiger partial charge on any atom is 0.125 e. The third-order valence-corrected chi connectivity index (χ3v) is 3.92. The number of pyridine rings is 1. The normalized spacial score (nSPS) is 25.1. The summed E-state index contributed by atoms with van der Waals surface area (Å²) < 4.78 is 0. The van der Waals surface area contributed by atoms with E-state index in [-0.39, 0.29) is 0 Å². The summed E-state index contributed by atoms with van der Waals surface area (Å²) in [7, 11) is 0. The fourth-order valence-corrected chi connectivity index (χ4v) is 2.80. The Labute approximate surface area is 111 Å². The number of hydrogen-bond acceptors (Lipinski definition) is 3. The fourth-order valence-electron chi connectivity index (χ4n) is 2.80. The number of aromatic nitrogens is 1. The van der Waals surface area contributed by atoms with Gasteiger partial charge in [-0.15, -0.1) is 0 Å². The maximum absolute atomic E-state index is 4.45. The molecule has 0 bridgehead atoms. The minimum atomic E-state index is 0.696. The molecule has 1 saturated heterocycles. The molecule has 1 fully saturated rings. The highest BCUT2D eigenvalue weighted by atomic mass is 15.2. The Morgan fingerprint density at radius 3 is 2.56 bits per heavy atom. The van der Waals surface area contributed by atoms with Gasteiger partial charge in [-0.2, -0.15) is 0 Å². The van der Waals surface area contributed by atoms with E-state index in [0.717, 1.165) is 18.9 Å². The Morgan fingerprint density at radius 1 is 1.28 bits per heavy atom.